The van der Waals surface area contributed by atoms with Crippen molar-refractivity contribution in [1.29, 1.82) is 0 Å². The van der Waals surface area contributed by atoms with Gasteiger partial charge in [-0.2, -0.15) is 0 Å². The third-order valence-corrected chi connectivity index (χ3v) is 2.23. The zero-order chi connectivity index (χ0) is 9.97. The molecule has 2 rings (SSSR count). The maximum absolute atomic E-state index is 11.5. The Hall–Kier alpha value is -1.77. The molecular formula is C11H12N2O. The van der Waals surface area contributed by atoms with Gasteiger partial charge in [0.2, 0.25) is 5.91 Å². The second kappa shape index (κ2) is 3.54. The van der Waals surface area contributed by atoms with Crippen molar-refractivity contribution in [3.05, 3.63) is 36.9 Å². The molecule has 0 fully saturated rings. The molecule has 0 spiro atoms. The third-order valence-electron chi connectivity index (χ3n) is 2.23. The van der Waals surface area contributed by atoms with Crippen molar-refractivity contribution in [2.45, 2.75) is 12.5 Å². The molecular weight excluding hydrogens is 176 g/mol. The summed E-state index contributed by atoms with van der Waals surface area (Å²) in [6, 6.07) is 7.47. The number of carbonyl (C=O) groups excluding carboxylic acids is 1. The largest absolute Gasteiger partial charge is 0.372 e. The lowest BCUT2D eigenvalue weighted by Gasteiger charge is -2.25. The average Bonchev–Trinajstić information content (AvgIpc) is 2.19. The van der Waals surface area contributed by atoms with Gasteiger partial charge in [0, 0.05) is 0 Å². The van der Waals surface area contributed by atoms with E-state index in [1.807, 2.05) is 24.3 Å². The van der Waals surface area contributed by atoms with E-state index in [2.05, 4.69) is 17.2 Å². The minimum absolute atomic E-state index is 0.00333. The highest BCUT2D eigenvalue weighted by molar-refractivity contribution is 6.02. The Kier molecular flexibility index (Phi) is 2.23. The van der Waals surface area contributed by atoms with Gasteiger partial charge < -0.3 is 10.6 Å². The van der Waals surface area contributed by atoms with Crippen LogP contribution >= 0.6 is 0 Å². The van der Waals surface area contributed by atoms with Crippen molar-refractivity contribution in [1.82, 2.24) is 0 Å². The molecule has 72 valence electrons. The second-order valence-corrected chi connectivity index (χ2v) is 3.26. The molecule has 1 amide bonds. The van der Waals surface area contributed by atoms with E-state index in [1.54, 1.807) is 6.08 Å². The highest BCUT2D eigenvalue weighted by atomic mass is 16.2. The molecule has 1 aliphatic heterocycles. The molecule has 1 atom stereocenters. The van der Waals surface area contributed by atoms with Crippen molar-refractivity contribution in [3.63, 3.8) is 0 Å². The molecule has 1 unspecified atom stereocenters. The highest BCUT2D eigenvalue weighted by Gasteiger charge is 2.23. The SMILES string of the molecule is C=CCC1Nc2ccccc2NC1=O. The fourth-order valence-corrected chi connectivity index (χ4v) is 1.52. The first kappa shape index (κ1) is 8.81. The van der Waals surface area contributed by atoms with Crippen LogP contribution in [0.25, 0.3) is 0 Å². The summed E-state index contributed by atoms with van der Waals surface area (Å²) in [4.78, 5) is 11.5. The second-order valence-electron chi connectivity index (χ2n) is 3.26. The van der Waals surface area contributed by atoms with E-state index in [-0.39, 0.29) is 11.9 Å². The number of hydrogen-bond acceptors (Lipinski definition) is 2. The Labute approximate surface area is 82.8 Å². The monoisotopic (exact) mass is 188 g/mol. The van der Waals surface area contributed by atoms with E-state index >= 15 is 0 Å². The zero-order valence-electron chi connectivity index (χ0n) is 7.79. The van der Waals surface area contributed by atoms with Gasteiger partial charge in [-0.1, -0.05) is 18.2 Å². The molecule has 0 saturated carbocycles. The Morgan fingerprint density at radius 3 is 2.79 bits per heavy atom. The minimum Gasteiger partial charge on any atom is -0.372 e. The Balaban J connectivity index is 2.26. The molecule has 0 saturated heterocycles. The number of carbonyl (C=O) groups is 1. The number of anilines is 2. The van der Waals surface area contributed by atoms with Crippen LogP contribution in [-0.4, -0.2) is 11.9 Å². The van der Waals surface area contributed by atoms with Crippen molar-refractivity contribution in [2.75, 3.05) is 10.6 Å². The quantitative estimate of drug-likeness (QED) is 0.697. The zero-order valence-corrected chi connectivity index (χ0v) is 7.79. The number of benzene rings is 1. The number of rotatable bonds is 2. The van der Waals surface area contributed by atoms with Gasteiger partial charge in [0.1, 0.15) is 6.04 Å². The first-order valence-electron chi connectivity index (χ1n) is 4.58. The van der Waals surface area contributed by atoms with Crippen LogP contribution in [0.1, 0.15) is 6.42 Å². The number of para-hydroxylation sites is 2. The fraction of sp³-hybridized carbons (Fsp3) is 0.182. The van der Waals surface area contributed by atoms with Crippen LogP contribution in [0.4, 0.5) is 11.4 Å². The van der Waals surface area contributed by atoms with Crippen LogP contribution < -0.4 is 10.6 Å². The first-order valence-corrected chi connectivity index (χ1v) is 4.58. The normalized spacial score (nSPS) is 19.1. The van der Waals surface area contributed by atoms with E-state index in [9.17, 15) is 4.79 Å². The molecule has 3 heteroatoms. The maximum atomic E-state index is 11.5. The summed E-state index contributed by atoms with van der Waals surface area (Å²) in [6.45, 7) is 3.63. The maximum Gasteiger partial charge on any atom is 0.247 e. The van der Waals surface area contributed by atoms with Gasteiger partial charge in [-0.05, 0) is 18.6 Å². The third kappa shape index (κ3) is 1.48. The number of nitrogens with one attached hydrogen (secondary N) is 2. The van der Waals surface area contributed by atoms with Gasteiger partial charge in [-0.3, -0.25) is 4.79 Å². The number of amides is 1. The van der Waals surface area contributed by atoms with Gasteiger partial charge >= 0.3 is 0 Å². The molecule has 0 radical (unpaired) electrons. The molecule has 0 aliphatic carbocycles. The Bertz CT molecular complexity index is 373. The van der Waals surface area contributed by atoms with Crippen LogP contribution in [0, 0.1) is 0 Å². The van der Waals surface area contributed by atoms with Gasteiger partial charge in [-0.15, -0.1) is 6.58 Å². The summed E-state index contributed by atoms with van der Waals surface area (Å²) in [7, 11) is 0. The van der Waals surface area contributed by atoms with Crippen molar-refractivity contribution >= 4 is 17.3 Å². The van der Waals surface area contributed by atoms with E-state index in [4.69, 9.17) is 0 Å². The van der Waals surface area contributed by atoms with Crippen LogP contribution in [0.2, 0.25) is 0 Å². The Morgan fingerprint density at radius 2 is 2.07 bits per heavy atom. The molecule has 2 N–H and O–H groups in total. The molecule has 1 aromatic rings. The molecule has 0 aromatic heterocycles. The number of fused-ring (bicyclic) bond motifs is 1. The van der Waals surface area contributed by atoms with Crippen molar-refractivity contribution < 1.29 is 4.79 Å². The summed E-state index contributed by atoms with van der Waals surface area (Å²) in [5, 5.41) is 6.01. The van der Waals surface area contributed by atoms with Gasteiger partial charge in [0.15, 0.2) is 0 Å². The fourth-order valence-electron chi connectivity index (χ4n) is 1.52. The molecule has 1 aliphatic rings. The molecule has 1 heterocycles. The lowest BCUT2D eigenvalue weighted by molar-refractivity contribution is -0.117. The van der Waals surface area contributed by atoms with Gasteiger partial charge in [0.25, 0.3) is 0 Å². The van der Waals surface area contributed by atoms with Crippen molar-refractivity contribution in [2.24, 2.45) is 0 Å². The first-order chi connectivity index (χ1) is 6.81. The summed E-state index contributed by atoms with van der Waals surface area (Å²) in [6.07, 6.45) is 2.38. The Morgan fingerprint density at radius 1 is 1.36 bits per heavy atom. The van der Waals surface area contributed by atoms with Crippen LogP contribution in [0.15, 0.2) is 36.9 Å². The highest BCUT2D eigenvalue weighted by Crippen LogP contribution is 2.26. The smallest absolute Gasteiger partial charge is 0.247 e. The summed E-state index contributed by atoms with van der Waals surface area (Å²) in [5.74, 6) is 0.00333. The summed E-state index contributed by atoms with van der Waals surface area (Å²) < 4.78 is 0. The van der Waals surface area contributed by atoms with Gasteiger partial charge in [0.05, 0.1) is 11.4 Å². The predicted octanol–water partition coefficient (Wildman–Crippen LogP) is 2.00. The van der Waals surface area contributed by atoms with Crippen LogP contribution in [0.5, 0.6) is 0 Å². The van der Waals surface area contributed by atoms with Gasteiger partial charge in [-0.25, -0.2) is 0 Å². The predicted molar refractivity (Wildman–Crippen MR) is 57.3 cm³/mol. The molecule has 3 nitrogen and oxygen atoms in total. The van der Waals surface area contributed by atoms with E-state index in [0.29, 0.717) is 6.42 Å². The summed E-state index contributed by atoms with van der Waals surface area (Å²) >= 11 is 0. The molecule has 1 aromatic carbocycles. The van der Waals surface area contributed by atoms with Crippen LogP contribution in [0.3, 0.4) is 0 Å². The molecule has 0 bridgehead atoms. The topological polar surface area (TPSA) is 41.1 Å². The lowest BCUT2D eigenvalue weighted by atomic mass is 10.1. The van der Waals surface area contributed by atoms with E-state index in [0.717, 1.165) is 11.4 Å². The number of hydrogen-bond donors (Lipinski definition) is 2. The average molecular weight is 188 g/mol. The van der Waals surface area contributed by atoms with E-state index in [1.165, 1.54) is 0 Å². The minimum atomic E-state index is -0.192. The molecule has 14 heavy (non-hydrogen) atoms. The lowest BCUT2D eigenvalue weighted by Crippen LogP contribution is -2.38. The standard InChI is InChI=1S/C11H12N2O/c1-2-5-10-11(14)13-9-7-4-3-6-8(9)12-10/h2-4,6-7,10,12H,1,5H2,(H,13,14). The van der Waals surface area contributed by atoms with Crippen LogP contribution in [-0.2, 0) is 4.79 Å². The summed E-state index contributed by atoms with van der Waals surface area (Å²) in [5.41, 5.74) is 1.82. The van der Waals surface area contributed by atoms with E-state index < -0.39 is 0 Å². The van der Waals surface area contributed by atoms with Crippen molar-refractivity contribution in [3.8, 4) is 0 Å².